The molecular weight excluding hydrogens is 292 g/mol. The third kappa shape index (κ3) is 2.29. The Labute approximate surface area is 134 Å². The minimum Gasteiger partial charge on any atom is -0.343 e. The molecule has 1 fully saturated rings. The minimum absolute atomic E-state index is 0.375. The second-order valence-corrected chi connectivity index (χ2v) is 6.86. The van der Waals surface area contributed by atoms with Gasteiger partial charge in [-0.25, -0.2) is 9.97 Å². The van der Waals surface area contributed by atoms with Crippen molar-refractivity contribution in [1.82, 2.24) is 14.5 Å². The van der Waals surface area contributed by atoms with Gasteiger partial charge in [0.2, 0.25) is 0 Å². The molecule has 2 aromatic heterocycles. The molecule has 2 N–H and O–H groups in total. The summed E-state index contributed by atoms with van der Waals surface area (Å²) in [6.07, 6.45) is 10.7. The standard InChI is InChI=1S/C17H20N4S/c1-22-17-19-10-12-3-2-11-8-9-21(16(11)15(12)20-17)14-6-4-13(18)5-7-14/h2-3,8-10,13-14H,4-7,18H2,1H3. The van der Waals surface area contributed by atoms with Gasteiger partial charge in [0.25, 0.3) is 0 Å². The van der Waals surface area contributed by atoms with Gasteiger partial charge in [-0.3, -0.25) is 0 Å². The van der Waals surface area contributed by atoms with Gasteiger partial charge >= 0.3 is 0 Å². The van der Waals surface area contributed by atoms with Gasteiger partial charge in [0.05, 0.1) is 11.0 Å². The van der Waals surface area contributed by atoms with Crippen LogP contribution < -0.4 is 5.73 Å². The van der Waals surface area contributed by atoms with Crippen LogP contribution in [0.1, 0.15) is 31.7 Å². The Morgan fingerprint density at radius 1 is 1.14 bits per heavy atom. The van der Waals surface area contributed by atoms with Gasteiger partial charge < -0.3 is 10.3 Å². The maximum Gasteiger partial charge on any atom is 0.187 e. The predicted molar refractivity (Wildman–Crippen MR) is 92.3 cm³/mol. The van der Waals surface area contributed by atoms with E-state index in [2.05, 4.69) is 33.9 Å². The number of fused-ring (bicyclic) bond motifs is 3. The summed E-state index contributed by atoms with van der Waals surface area (Å²) in [6, 6.07) is 7.40. The molecule has 1 aliphatic carbocycles. The topological polar surface area (TPSA) is 56.7 Å². The molecule has 5 heteroatoms. The van der Waals surface area contributed by atoms with Gasteiger partial charge in [-0.1, -0.05) is 23.9 Å². The molecule has 3 aromatic rings. The van der Waals surface area contributed by atoms with E-state index in [9.17, 15) is 0 Å². The highest BCUT2D eigenvalue weighted by molar-refractivity contribution is 7.98. The van der Waals surface area contributed by atoms with Crippen LogP contribution in [0.25, 0.3) is 21.8 Å². The molecule has 4 nitrogen and oxygen atoms in total. The molecule has 2 heterocycles. The number of nitrogens with zero attached hydrogens (tertiary/aromatic N) is 3. The number of hydrogen-bond acceptors (Lipinski definition) is 4. The molecule has 0 saturated heterocycles. The number of benzene rings is 1. The summed E-state index contributed by atoms with van der Waals surface area (Å²) in [7, 11) is 0. The number of rotatable bonds is 2. The molecular formula is C17H20N4S. The SMILES string of the molecule is CSc1ncc2ccc3ccn(C4CCC(N)CC4)c3c2n1. The number of aromatic nitrogens is 3. The van der Waals surface area contributed by atoms with Crippen molar-refractivity contribution in [3.8, 4) is 0 Å². The maximum absolute atomic E-state index is 6.06. The maximum atomic E-state index is 6.06. The Bertz CT molecular complexity index is 818. The monoisotopic (exact) mass is 312 g/mol. The van der Waals surface area contributed by atoms with E-state index >= 15 is 0 Å². The van der Waals surface area contributed by atoms with Crippen molar-refractivity contribution in [2.75, 3.05) is 6.26 Å². The first-order valence-corrected chi connectivity index (χ1v) is 9.04. The summed E-state index contributed by atoms with van der Waals surface area (Å²) in [5.74, 6) is 0. The summed E-state index contributed by atoms with van der Waals surface area (Å²) in [6.45, 7) is 0. The Balaban J connectivity index is 1.90. The fourth-order valence-electron chi connectivity index (χ4n) is 3.51. The van der Waals surface area contributed by atoms with Gasteiger partial charge in [0, 0.05) is 35.2 Å². The van der Waals surface area contributed by atoms with Crippen molar-refractivity contribution in [3.63, 3.8) is 0 Å². The molecule has 0 bridgehead atoms. The molecule has 0 radical (unpaired) electrons. The second kappa shape index (κ2) is 5.56. The first kappa shape index (κ1) is 14.0. The van der Waals surface area contributed by atoms with Crippen LogP contribution in [0.3, 0.4) is 0 Å². The van der Waals surface area contributed by atoms with Gasteiger partial charge in [0.15, 0.2) is 5.16 Å². The van der Waals surface area contributed by atoms with Crippen molar-refractivity contribution >= 4 is 33.6 Å². The summed E-state index contributed by atoms with van der Waals surface area (Å²) >= 11 is 1.59. The number of thioether (sulfide) groups is 1. The van der Waals surface area contributed by atoms with Crippen LogP contribution in [0, 0.1) is 0 Å². The third-order valence-corrected chi connectivity index (χ3v) is 5.29. The van der Waals surface area contributed by atoms with E-state index in [0.717, 1.165) is 41.7 Å². The molecule has 22 heavy (non-hydrogen) atoms. The highest BCUT2D eigenvalue weighted by atomic mass is 32.2. The summed E-state index contributed by atoms with van der Waals surface area (Å²) in [4.78, 5) is 9.17. The molecule has 1 saturated carbocycles. The lowest BCUT2D eigenvalue weighted by Crippen LogP contribution is -2.27. The lowest BCUT2D eigenvalue weighted by atomic mass is 9.91. The third-order valence-electron chi connectivity index (χ3n) is 4.73. The molecule has 4 rings (SSSR count). The molecule has 0 amide bonds. The molecule has 0 aliphatic heterocycles. The fraction of sp³-hybridized carbons (Fsp3) is 0.412. The average Bonchev–Trinajstić information content (AvgIpc) is 2.99. The van der Waals surface area contributed by atoms with Crippen molar-refractivity contribution in [2.45, 2.75) is 42.9 Å². The van der Waals surface area contributed by atoms with E-state index in [0.29, 0.717) is 12.1 Å². The van der Waals surface area contributed by atoms with Crippen LogP contribution in [0.5, 0.6) is 0 Å². The van der Waals surface area contributed by atoms with E-state index < -0.39 is 0 Å². The number of hydrogen-bond donors (Lipinski definition) is 1. The summed E-state index contributed by atoms with van der Waals surface area (Å²) in [5, 5.41) is 3.20. The molecule has 1 aliphatic rings. The Morgan fingerprint density at radius 2 is 1.91 bits per heavy atom. The zero-order valence-corrected chi connectivity index (χ0v) is 13.5. The van der Waals surface area contributed by atoms with Crippen molar-refractivity contribution in [2.24, 2.45) is 5.73 Å². The summed E-state index contributed by atoms with van der Waals surface area (Å²) in [5.41, 5.74) is 8.37. The highest BCUT2D eigenvalue weighted by Crippen LogP contribution is 2.34. The van der Waals surface area contributed by atoms with Gasteiger partial charge in [-0.05, 0) is 38.0 Å². The molecule has 0 atom stereocenters. The molecule has 0 spiro atoms. The Morgan fingerprint density at radius 3 is 2.68 bits per heavy atom. The minimum atomic E-state index is 0.375. The van der Waals surface area contributed by atoms with Crippen LogP contribution >= 0.6 is 11.8 Å². The van der Waals surface area contributed by atoms with E-state index in [4.69, 9.17) is 10.7 Å². The summed E-state index contributed by atoms with van der Waals surface area (Å²) < 4.78 is 2.42. The largest absolute Gasteiger partial charge is 0.343 e. The molecule has 1 aromatic carbocycles. The molecule has 114 valence electrons. The Kier molecular flexibility index (Phi) is 3.54. The van der Waals surface area contributed by atoms with Gasteiger partial charge in [-0.2, -0.15) is 0 Å². The number of nitrogens with two attached hydrogens (primary N) is 1. The van der Waals surface area contributed by atoms with Crippen LogP contribution in [0.4, 0.5) is 0 Å². The van der Waals surface area contributed by atoms with Crippen molar-refractivity contribution in [1.29, 1.82) is 0 Å². The van der Waals surface area contributed by atoms with Gasteiger partial charge in [0.1, 0.15) is 0 Å². The van der Waals surface area contributed by atoms with Crippen molar-refractivity contribution < 1.29 is 0 Å². The van der Waals surface area contributed by atoms with Crippen molar-refractivity contribution in [3.05, 3.63) is 30.6 Å². The van der Waals surface area contributed by atoms with E-state index in [1.165, 1.54) is 10.9 Å². The quantitative estimate of drug-likeness (QED) is 0.578. The lowest BCUT2D eigenvalue weighted by Gasteiger charge is -2.28. The van der Waals surface area contributed by atoms with Crippen LogP contribution in [0.2, 0.25) is 0 Å². The lowest BCUT2D eigenvalue weighted by molar-refractivity contribution is 0.330. The second-order valence-electron chi connectivity index (χ2n) is 6.09. The zero-order chi connectivity index (χ0) is 15.1. The first-order valence-electron chi connectivity index (χ1n) is 7.82. The fourth-order valence-corrected chi connectivity index (χ4v) is 3.85. The molecule has 0 unspecified atom stereocenters. The zero-order valence-electron chi connectivity index (χ0n) is 12.7. The normalized spacial score (nSPS) is 22.5. The van der Waals surface area contributed by atoms with Gasteiger partial charge in [-0.15, -0.1) is 0 Å². The first-order chi connectivity index (χ1) is 10.8. The van der Waals surface area contributed by atoms with E-state index in [-0.39, 0.29) is 0 Å². The highest BCUT2D eigenvalue weighted by Gasteiger charge is 2.21. The van der Waals surface area contributed by atoms with E-state index in [1.807, 2.05) is 12.5 Å². The smallest absolute Gasteiger partial charge is 0.187 e. The van der Waals surface area contributed by atoms with Crippen LogP contribution in [-0.4, -0.2) is 26.8 Å². The Hall–Kier alpha value is -1.59. The average molecular weight is 312 g/mol. The predicted octanol–water partition coefficient (Wildman–Crippen LogP) is 3.75. The van der Waals surface area contributed by atoms with Crippen LogP contribution in [0.15, 0.2) is 35.7 Å². The van der Waals surface area contributed by atoms with Crippen LogP contribution in [-0.2, 0) is 0 Å². The van der Waals surface area contributed by atoms with E-state index in [1.54, 1.807) is 11.8 Å².